The fourth-order valence-corrected chi connectivity index (χ4v) is 3.09. The molecule has 2 N–H and O–H groups in total. The van der Waals surface area contributed by atoms with Crippen LogP contribution in [0.1, 0.15) is 37.7 Å². The molecule has 4 rings (SSSR count). The van der Waals surface area contributed by atoms with E-state index < -0.39 is 17.6 Å². The van der Waals surface area contributed by atoms with Gasteiger partial charge in [-0.15, -0.1) is 0 Å². The lowest BCUT2D eigenvalue weighted by molar-refractivity contribution is 0.0942. The monoisotopic (exact) mass is 436 g/mol. The van der Waals surface area contributed by atoms with Crippen molar-refractivity contribution in [3.63, 3.8) is 0 Å². The van der Waals surface area contributed by atoms with Crippen molar-refractivity contribution in [1.29, 1.82) is 0 Å². The van der Waals surface area contributed by atoms with Crippen LogP contribution in [0.3, 0.4) is 0 Å². The lowest BCUT2D eigenvalue weighted by Crippen LogP contribution is -2.28. The first kappa shape index (κ1) is 21.0. The van der Waals surface area contributed by atoms with Crippen molar-refractivity contribution in [3.8, 4) is 0 Å². The summed E-state index contributed by atoms with van der Waals surface area (Å²) in [5.74, 6) is -1.82. The van der Waals surface area contributed by atoms with Crippen LogP contribution in [-0.4, -0.2) is 31.4 Å². The van der Waals surface area contributed by atoms with Crippen LogP contribution < -0.4 is 10.6 Å². The number of hydrogen-bond donors (Lipinski definition) is 2. The summed E-state index contributed by atoms with van der Waals surface area (Å²) in [4.78, 5) is 33.5. The molecule has 2 heterocycles. The van der Waals surface area contributed by atoms with Crippen LogP contribution in [0.5, 0.6) is 0 Å². The zero-order valence-corrected chi connectivity index (χ0v) is 17.0. The molecule has 0 aliphatic rings. The van der Waals surface area contributed by atoms with E-state index in [-0.39, 0.29) is 36.1 Å². The molecule has 0 radical (unpaired) electrons. The van der Waals surface area contributed by atoms with Gasteiger partial charge in [0, 0.05) is 24.7 Å². The summed E-state index contributed by atoms with van der Waals surface area (Å²) < 4.78 is 28.4. The van der Waals surface area contributed by atoms with E-state index in [1.165, 1.54) is 29.0 Å². The Kier molecular flexibility index (Phi) is 5.84. The predicted molar refractivity (Wildman–Crippen MR) is 111 cm³/mol. The van der Waals surface area contributed by atoms with Crippen LogP contribution in [0.15, 0.2) is 54.9 Å². The number of carbonyl (C=O) groups excluding carboxylic acids is 2. The van der Waals surface area contributed by atoms with Crippen LogP contribution in [0.25, 0.3) is 5.78 Å². The molecular formula is C22H18F2N6O2. The van der Waals surface area contributed by atoms with Gasteiger partial charge in [0.1, 0.15) is 29.3 Å². The van der Waals surface area contributed by atoms with E-state index in [4.69, 9.17) is 0 Å². The standard InChI is InChI=1S/C22H18F2N6O2/c1-13-8-14(6-7-16(13)23)10-25-20(31)18-9-19(30-22(29-18)27-12-28-30)21(32)26-11-15-4-2-3-5-17(15)24/h2-9,12H,10-11H2,1H3,(H,25,31)(H,26,32). The number of carbonyl (C=O) groups is 2. The summed E-state index contributed by atoms with van der Waals surface area (Å²) in [6, 6.07) is 11.9. The van der Waals surface area contributed by atoms with E-state index in [2.05, 4.69) is 25.7 Å². The molecule has 0 unspecified atom stereocenters. The highest BCUT2D eigenvalue weighted by Gasteiger charge is 2.18. The summed E-state index contributed by atoms with van der Waals surface area (Å²) in [5, 5.41) is 9.26. The van der Waals surface area contributed by atoms with Crippen molar-refractivity contribution in [2.75, 3.05) is 0 Å². The molecule has 2 aromatic heterocycles. The maximum atomic E-state index is 13.8. The van der Waals surface area contributed by atoms with Crippen LogP contribution in [0.2, 0.25) is 0 Å². The average Bonchev–Trinajstić information content (AvgIpc) is 3.27. The number of nitrogens with one attached hydrogen (secondary N) is 2. The number of hydrogen-bond acceptors (Lipinski definition) is 5. The zero-order chi connectivity index (χ0) is 22.7. The van der Waals surface area contributed by atoms with Gasteiger partial charge in [-0.25, -0.2) is 13.8 Å². The molecule has 162 valence electrons. The Hall–Kier alpha value is -4.21. The van der Waals surface area contributed by atoms with Gasteiger partial charge in [0.25, 0.3) is 17.6 Å². The third kappa shape index (κ3) is 4.43. The van der Waals surface area contributed by atoms with Crippen molar-refractivity contribution in [3.05, 3.63) is 94.6 Å². The molecule has 0 atom stereocenters. The van der Waals surface area contributed by atoms with E-state index in [0.29, 0.717) is 16.7 Å². The molecule has 10 heteroatoms. The minimum absolute atomic E-state index is 0.0200. The second kappa shape index (κ2) is 8.88. The number of benzene rings is 2. The van der Waals surface area contributed by atoms with Crippen molar-refractivity contribution in [1.82, 2.24) is 30.2 Å². The molecule has 32 heavy (non-hydrogen) atoms. The lowest BCUT2D eigenvalue weighted by atomic mass is 10.1. The van der Waals surface area contributed by atoms with Gasteiger partial charge < -0.3 is 10.6 Å². The first-order valence-corrected chi connectivity index (χ1v) is 9.68. The number of rotatable bonds is 6. The van der Waals surface area contributed by atoms with Gasteiger partial charge in [-0.2, -0.15) is 14.6 Å². The summed E-state index contributed by atoms with van der Waals surface area (Å²) >= 11 is 0. The van der Waals surface area contributed by atoms with Crippen molar-refractivity contribution in [2.24, 2.45) is 0 Å². The van der Waals surface area contributed by atoms with Gasteiger partial charge in [0.15, 0.2) is 0 Å². The van der Waals surface area contributed by atoms with Crippen LogP contribution in [0.4, 0.5) is 8.78 Å². The smallest absolute Gasteiger partial charge is 0.270 e. The minimum atomic E-state index is -0.575. The second-order valence-corrected chi connectivity index (χ2v) is 7.04. The van der Waals surface area contributed by atoms with Gasteiger partial charge in [0.05, 0.1) is 0 Å². The summed E-state index contributed by atoms with van der Waals surface area (Å²) in [5.41, 5.74) is 1.47. The number of halogens is 2. The Morgan fingerprint density at radius 2 is 1.75 bits per heavy atom. The van der Waals surface area contributed by atoms with Crippen molar-refractivity contribution >= 4 is 17.6 Å². The number of nitrogens with zero attached hydrogens (tertiary/aromatic N) is 4. The Morgan fingerprint density at radius 3 is 2.53 bits per heavy atom. The number of fused-ring (bicyclic) bond motifs is 1. The lowest BCUT2D eigenvalue weighted by Gasteiger charge is -2.10. The highest BCUT2D eigenvalue weighted by Crippen LogP contribution is 2.11. The molecular weight excluding hydrogens is 418 g/mol. The van der Waals surface area contributed by atoms with Crippen LogP contribution in [-0.2, 0) is 13.1 Å². The highest BCUT2D eigenvalue weighted by molar-refractivity contribution is 5.98. The fraction of sp³-hybridized carbons (Fsp3) is 0.136. The highest BCUT2D eigenvalue weighted by atomic mass is 19.1. The van der Waals surface area contributed by atoms with E-state index in [0.717, 1.165) is 0 Å². The molecule has 0 saturated heterocycles. The van der Waals surface area contributed by atoms with Crippen LogP contribution >= 0.6 is 0 Å². The fourth-order valence-electron chi connectivity index (χ4n) is 3.09. The van der Waals surface area contributed by atoms with Crippen molar-refractivity contribution < 1.29 is 18.4 Å². The third-order valence-corrected chi connectivity index (χ3v) is 4.79. The van der Waals surface area contributed by atoms with Gasteiger partial charge in [-0.1, -0.05) is 30.3 Å². The van der Waals surface area contributed by atoms with E-state index >= 15 is 0 Å². The second-order valence-electron chi connectivity index (χ2n) is 7.04. The third-order valence-electron chi connectivity index (χ3n) is 4.79. The SMILES string of the molecule is Cc1cc(CNC(=O)c2cc(C(=O)NCc3ccccc3F)n3ncnc3n2)ccc1F. The summed E-state index contributed by atoms with van der Waals surface area (Å²) in [6.45, 7) is 1.73. The number of aromatic nitrogens is 4. The average molecular weight is 436 g/mol. The quantitative estimate of drug-likeness (QED) is 0.484. The summed E-state index contributed by atoms with van der Waals surface area (Å²) in [7, 11) is 0. The Labute approximate surface area is 181 Å². The molecule has 2 aromatic carbocycles. The van der Waals surface area contributed by atoms with Gasteiger partial charge in [0.2, 0.25) is 0 Å². The van der Waals surface area contributed by atoms with E-state index in [1.807, 2.05) is 0 Å². The zero-order valence-electron chi connectivity index (χ0n) is 17.0. The van der Waals surface area contributed by atoms with Crippen molar-refractivity contribution in [2.45, 2.75) is 20.0 Å². The molecule has 0 saturated carbocycles. The molecule has 0 spiro atoms. The summed E-state index contributed by atoms with van der Waals surface area (Å²) in [6.07, 6.45) is 1.21. The van der Waals surface area contributed by atoms with E-state index in [1.54, 1.807) is 37.3 Å². The Balaban J connectivity index is 1.53. The molecule has 8 nitrogen and oxygen atoms in total. The van der Waals surface area contributed by atoms with Gasteiger partial charge >= 0.3 is 0 Å². The van der Waals surface area contributed by atoms with E-state index in [9.17, 15) is 18.4 Å². The largest absolute Gasteiger partial charge is 0.347 e. The molecule has 0 fully saturated rings. The van der Waals surface area contributed by atoms with Gasteiger partial charge in [-0.3, -0.25) is 9.59 Å². The van der Waals surface area contributed by atoms with Crippen LogP contribution in [0, 0.1) is 18.6 Å². The molecule has 0 aliphatic carbocycles. The van der Waals surface area contributed by atoms with Gasteiger partial charge in [-0.05, 0) is 30.2 Å². The maximum absolute atomic E-state index is 13.8. The normalized spacial score (nSPS) is 10.8. The minimum Gasteiger partial charge on any atom is -0.347 e. The number of aryl methyl sites for hydroxylation is 1. The number of amides is 2. The first-order valence-electron chi connectivity index (χ1n) is 9.68. The Bertz CT molecular complexity index is 1320. The molecule has 0 aliphatic heterocycles. The molecule has 4 aromatic rings. The first-order chi connectivity index (χ1) is 15.4. The predicted octanol–water partition coefficient (Wildman–Crippen LogP) is 2.57. The topological polar surface area (TPSA) is 101 Å². The Morgan fingerprint density at radius 1 is 0.969 bits per heavy atom. The molecule has 2 amide bonds. The molecule has 0 bridgehead atoms. The maximum Gasteiger partial charge on any atom is 0.270 e.